The molecular formula is C41H43NO2. The SMILES string of the molecule is COc1cc(C(=O)c2c(C)cc(C)cc2C)cc(-c2c(C)cc(C)c(N(C)c3ccc(-c4cc(C)cc(C)c4)cc3)c2C)c1. The Labute approximate surface area is 263 Å². The van der Waals surface area contributed by atoms with Gasteiger partial charge in [-0.3, -0.25) is 4.79 Å². The number of rotatable bonds is 7. The Morgan fingerprint density at radius 3 is 1.77 bits per heavy atom. The highest BCUT2D eigenvalue weighted by Gasteiger charge is 2.21. The normalized spacial score (nSPS) is 11.0. The van der Waals surface area contributed by atoms with Gasteiger partial charge in [0.05, 0.1) is 7.11 Å². The highest BCUT2D eigenvalue weighted by Crippen LogP contribution is 2.40. The molecule has 5 aromatic carbocycles. The summed E-state index contributed by atoms with van der Waals surface area (Å²) < 4.78 is 5.73. The van der Waals surface area contributed by atoms with Crippen LogP contribution >= 0.6 is 0 Å². The molecule has 3 nitrogen and oxygen atoms in total. The van der Waals surface area contributed by atoms with Crippen molar-refractivity contribution in [2.24, 2.45) is 0 Å². The maximum Gasteiger partial charge on any atom is 0.193 e. The molecule has 224 valence electrons. The van der Waals surface area contributed by atoms with Crippen LogP contribution in [-0.2, 0) is 0 Å². The van der Waals surface area contributed by atoms with Gasteiger partial charge in [-0.2, -0.15) is 0 Å². The molecule has 0 unspecified atom stereocenters. The first kappa shape index (κ1) is 30.8. The first-order chi connectivity index (χ1) is 20.9. The average molecular weight is 582 g/mol. The molecule has 0 bridgehead atoms. The molecule has 0 radical (unpaired) electrons. The van der Waals surface area contributed by atoms with Crippen molar-refractivity contribution in [1.82, 2.24) is 0 Å². The fourth-order valence-corrected chi connectivity index (χ4v) is 6.96. The molecule has 0 N–H and O–H groups in total. The van der Waals surface area contributed by atoms with E-state index in [1.807, 2.05) is 32.0 Å². The third-order valence-electron chi connectivity index (χ3n) is 8.67. The Morgan fingerprint density at radius 1 is 0.591 bits per heavy atom. The zero-order valence-corrected chi connectivity index (χ0v) is 27.8. The van der Waals surface area contributed by atoms with Crippen molar-refractivity contribution in [2.75, 3.05) is 19.1 Å². The third-order valence-corrected chi connectivity index (χ3v) is 8.67. The summed E-state index contributed by atoms with van der Waals surface area (Å²) in [6, 6.07) is 27.8. The fourth-order valence-electron chi connectivity index (χ4n) is 6.96. The quantitative estimate of drug-likeness (QED) is 0.179. The molecule has 5 aromatic rings. The summed E-state index contributed by atoms with van der Waals surface area (Å²) in [5.74, 6) is 0.688. The lowest BCUT2D eigenvalue weighted by atomic mass is 9.88. The van der Waals surface area contributed by atoms with Crippen LogP contribution in [-0.4, -0.2) is 19.9 Å². The molecule has 0 heterocycles. The predicted octanol–water partition coefficient (Wildman–Crippen LogP) is 10.5. The standard InChI is InChI=1S/C41H43NO2/c1-24-15-25(2)19-33(18-24)32-11-13-36(14-12-32)42(9)40-30(7)20-29(6)39(31(40)8)34-21-35(23-37(22-34)44-10)41(43)38-27(4)16-26(3)17-28(38)5/h11-23H,1-10H3. The summed E-state index contributed by atoms with van der Waals surface area (Å²) in [5, 5.41) is 0. The minimum Gasteiger partial charge on any atom is -0.497 e. The van der Waals surface area contributed by atoms with E-state index in [9.17, 15) is 4.79 Å². The lowest BCUT2D eigenvalue weighted by molar-refractivity contribution is 0.103. The number of hydrogen-bond donors (Lipinski definition) is 0. The average Bonchev–Trinajstić information content (AvgIpc) is 2.95. The van der Waals surface area contributed by atoms with Gasteiger partial charge in [0.1, 0.15) is 5.75 Å². The van der Waals surface area contributed by atoms with Gasteiger partial charge in [0, 0.05) is 29.5 Å². The molecule has 0 spiro atoms. The smallest absolute Gasteiger partial charge is 0.193 e. The van der Waals surface area contributed by atoms with Crippen LogP contribution in [0.4, 0.5) is 11.4 Å². The highest BCUT2D eigenvalue weighted by molar-refractivity contribution is 6.11. The molecule has 0 saturated heterocycles. The number of ketones is 1. The van der Waals surface area contributed by atoms with E-state index in [0.717, 1.165) is 55.9 Å². The molecule has 5 rings (SSSR count). The topological polar surface area (TPSA) is 29.5 Å². The lowest BCUT2D eigenvalue weighted by Crippen LogP contribution is -2.13. The zero-order valence-electron chi connectivity index (χ0n) is 27.8. The number of hydrogen-bond acceptors (Lipinski definition) is 3. The summed E-state index contributed by atoms with van der Waals surface area (Å²) in [7, 11) is 3.79. The Hall–Kier alpha value is -4.63. The summed E-state index contributed by atoms with van der Waals surface area (Å²) in [6.07, 6.45) is 0. The Balaban J connectivity index is 1.58. The Kier molecular flexibility index (Phi) is 8.52. The van der Waals surface area contributed by atoms with Crippen LogP contribution in [0.2, 0.25) is 0 Å². The number of carbonyl (C=O) groups is 1. The van der Waals surface area contributed by atoms with Crippen LogP contribution in [0.15, 0.2) is 78.9 Å². The summed E-state index contributed by atoms with van der Waals surface area (Å²) in [6.45, 7) is 16.9. The van der Waals surface area contributed by atoms with Gasteiger partial charge in [-0.25, -0.2) is 0 Å². The van der Waals surface area contributed by atoms with Gasteiger partial charge in [-0.1, -0.05) is 65.2 Å². The van der Waals surface area contributed by atoms with Crippen LogP contribution in [0.3, 0.4) is 0 Å². The Morgan fingerprint density at radius 2 is 1.18 bits per heavy atom. The van der Waals surface area contributed by atoms with E-state index in [2.05, 4.69) is 114 Å². The van der Waals surface area contributed by atoms with Crippen molar-refractivity contribution in [1.29, 1.82) is 0 Å². The monoisotopic (exact) mass is 581 g/mol. The van der Waals surface area contributed by atoms with Crippen molar-refractivity contribution in [3.05, 3.63) is 134 Å². The number of benzene rings is 5. The largest absolute Gasteiger partial charge is 0.497 e. The van der Waals surface area contributed by atoms with E-state index in [-0.39, 0.29) is 5.78 Å². The molecule has 0 aliphatic heterocycles. The number of aryl methyl sites for hydroxylation is 7. The molecule has 0 saturated carbocycles. The molecule has 0 atom stereocenters. The third kappa shape index (κ3) is 5.92. The van der Waals surface area contributed by atoms with E-state index in [1.165, 1.54) is 27.8 Å². The van der Waals surface area contributed by atoms with Gasteiger partial charge < -0.3 is 9.64 Å². The van der Waals surface area contributed by atoms with Crippen molar-refractivity contribution in [3.8, 4) is 28.0 Å². The summed E-state index contributed by atoms with van der Waals surface area (Å²) in [5.41, 5.74) is 17.4. The van der Waals surface area contributed by atoms with E-state index in [4.69, 9.17) is 4.74 Å². The summed E-state index contributed by atoms with van der Waals surface area (Å²) in [4.78, 5) is 16.2. The van der Waals surface area contributed by atoms with Crippen molar-refractivity contribution in [2.45, 2.75) is 55.4 Å². The van der Waals surface area contributed by atoms with Crippen LogP contribution in [0.5, 0.6) is 5.75 Å². The second kappa shape index (κ2) is 12.2. The van der Waals surface area contributed by atoms with Crippen molar-refractivity contribution in [3.63, 3.8) is 0 Å². The second-order valence-electron chi connectivity index (χ2n) is 12.4. The van der Waals surface area contributed by atoms with Gasteiger partial charge in [0.2, 0.25) is 0 Å². The lowest BCUT2D eigenvalue weighted by Gasteiger charge is -2.27. The van der Waals surface area contributed by atoms with Crippen LogP contribution in [0.1, 0.15) is 60.4 Å². The minimum atomic E-state index is 0.0174. The zero-order chi connectivity index (χ0) is 31.9. The maximum atomic E-state index is 13.9. The number of nitrogens with zero attached hydrogens (tertiary/aromatic N) is 1. The fraction of sp³-hybridized carbons (Fsp3) is 0.244. The maximum absolute atomic E-state index is 13.9. The van der Waals surface area contributed by atoms with Crippen LogP contribution in [0, 0.1) is 55.4 Å². The predicted molar refractivity (Wildman–Crippen MR) is 186 cm³/mol. The molecule has 44 heavy (non-hydrogen) atoms. The number of ether oxygens (including phenoxy) is 1. The van der Waals surface area contributed by atoms with Crippen LogP contribution < -0.4 is 9.64 Å². The van der Waals surface area contributed by atoms with Crippen molar-refractivity contribution < 1.29 is 9.53 Å². The molecule has 0 aliphatic carbocycles. The van der Waals surface area contributed by atoms with Gasteiger partial charge in [0.25, 0.3) is 0 Å². The molecule has 3 heteroatoms. The second-order valence-corrected chi connectivity index (χ2v) is 12.4. The first-order valence-electron chi connectivity index (χ1n) is 15.2. The first-order valence-corrected chi connectivity index (χ1v) is 15.2. The van der Waals surface area contributed by atoms with E-state index < -0.39 is 0 Å². The van der Waals surface area contributed by atoms with Gasteiger partial charge in [0.15, 0.2) is 5.78 Å². The minimum absolute atomic E-state index is 0.0174. The van der Waals surface area contributed by atoms with Gasteiger partial charge in [-0.05, 0) is 136 Å². The Bertz CT molecular complexity index is 1850. The van der Waals surface area contributed by atoms with E-state index in [0.29, 0.717) is 11.3 Å². The van der Waals surface area contributed by atoms with Crippen molar-refractivity contribution >= 4 is 17.2 Å². The van der Waals surface area contributed by atoms with Gasteiger partial charge >= 0.3 is 0 Å². The summed E-state index contributed by atoms with van der Waals surface area (Å²) >= 11 is 0. The number of anilines is 2. The van der Waals surface area contributed by atoms with E-state index in [1.54, 1.807) is 7.11 Å². The molecule has 0 aromatic heterocycles. The molecule has 0 amide bonds. The van der Waals surface area contributed by atoms with E-state index >= 15 is 0 Å². The van der Waals surface area contributed by atoms with Gasteiger partial charge in [-0.15, -0.1) is 0 Å². The number of carbonyl (C=O) groups excluding carboxylic acids is 1. The highest BCUT2D eigenvalue weighted by atomic mass is 16.5. The molecule has 0 aliphatic rings. The molecular weight excluding hydrogens is 538 g/mol. The number of methoxy groups -OCH3 is 1. The molecule has 0 fully saturated rings. The van der Waals surface area contributed by atoms with Crippen LogP contribution in [0.25, 0.3) is 22.3 Å².